The average molecular weight is 291 g/mol. The van der Waals surface area contributed by atoms with Gasteiger partial charge in [0.25, 0.3) is 0 Å². The Balaban J connectivity index is 1.69. The van der Waals surface area contributed by atoms with Crippen LogP contribution in [0.1, 0.15) is 36.4 Å². The molecule has 0 unspecified atom stereocenters. The second-order valence-electron chi connectivity index (χ2n) is 3.65. The predicted molar refractivity (Wildman–Crippen MR) is 64.4 cm³/mol. The second-order valence-corrected chi connectivity index (χ2v) is 4.19. The van der Waals surface area contributed by atoms with Crippen molar-refractivity contribution in [3.8, 4) is 0 Å². The summed E-state index contributed by atoms with van der Waals surface area (Å²) in [6.07, 6.45) is 3.26. The number of hydrogen-bond acceptors (Lipinski definition) is 6. The van der Waals surface area contributed by atoms with Crippen LogP contribution in [-0.4, -0.2) is 20.4 Å². The quantitative estimate of drug-likeness (QED) is 0.576. The minimum Gasteiger partial charge on any atom is -0.424 e. The van der Waals surface area contributed by atoms with Crippen LogP contribution < -0.4 is 0 Å². The molecule has 0 saturated heterocycles. The van der Waals surface area contributed by atoms with Crippen molar-refractivity contribution in [2.24, 2.45) is 0 Å². The van der Waals surface area contributed by atoms with Crippen LogP contribution in [0, 0.1) is 0 Å². The molecule has 0 spiro atoms. The fraction of sp³-hybridized carbons (Fsp3) is 0.600. The third kappa shape index (κ3) is 3.68. The normalized spacial score (nSPS) is 11.0. The lowest BCUT2D eigenvalue weighted by molar-refractivity contribution is 0.438. The summed E-state index contributed by atoms with van der Waals surface area (Å²) in [7, 11) is 0. The van der Waals surface area contributed by atoms with Gasteiger partial charge in [0, 0.05) is 12.8 Å². The van der Waals surface area contributed by atoms with E-state index in [0.29, 0.717) is 23.6 Å². The van der Waals surface area contributed by atoms with Crippen molar-refractivity contribution in [1.29, 1.82) is 0 Å². The summed E-state index contributed by atoms with van der Waals surface area (Å²) in [6.45, 7) is 0. The van der Waals surface area contributed by atoms with E-state index in [1.54, 1.807) is 0 Å². The van der Waals surface area contributed by atoms with Gasteiger partial charge >= 0.3 is 0 Å². The number of aryl methyl sites for hydroxylation is 2. The highest BCUT2D eigenvalue weighted by atomic mass is 35.5. The molecule has 18 heavy (non-hydrogen) atoms. The van der Waals surface area contributed by atoms with Gasteiger partial charge in [-0.15, -0.1) is 43.6 Å². The van der Waals surface area contributed by atoms with Crippen molar-refractivity contribution < 1.29 is 8.83 Å². The van der Waals surface area contributed by atoms with E-state index < -0.39 is 0 Å². The lowest BCUT2D eigenvalue weighted by Crippen LogP contribution is -1.90. The topological polar surface area (TPSA) is 77.8 Å². The summed E-state index contributed by atoms with van der Waals surface area (Å²) in [5.74, 6) is 2.62. The Morgan fingerprint density at radius 1 is 0.667 bits per heavy atom. The number of halogens is 2. The first-order valence-electron chi connectivity index (χ1n) is 5.56. The van der Waals surface area contributed by atoms with E-state index in [4.69, 9.17) is 32.0 Å². The molecule has 0 bridgehead atoms. The highest BCUT2D eigenvalue weighted by molar-refractivity contribution is 6.16. The van der Waals surface area contributed by atoms with Gasteiger partial charge < -0.3 is 8.83 Å². The molecule has 0 saturated carbocycles. The molecular formula is C10H12Cl2N4O2. The third-order valence-corrected chi connectivity index (χ3v) is 2.73. The maximum absolute atomic E-state index is 5.56. The van der Waals surface area contributed by atoms with Crippen LogP contribution in [0.4, 0.5) is 0 Å². The molecule has 0 aliphatic heterocycles. The first-order chi connectivity index (χ1) is 8.81. The first-order valence-corrected chi connectivity index (χ1v) is 6.63. The van der Waals surface area contributed by atoms with E-state index in [0.717, 1.165) is 25.7 Å². The van der Waals surface area contributed by atoms with E-state index >= 15 is 0 Å². The monoisotopic (exact) mass is 290 g/mol. The van der Waals surface area contributed by atoms with Crippen LogP contribution in [0.15, 0.2) is 8.83 Å². The fourth-order valence-corrected chi connectivity index (χ4v) is 1.66. The summed E-state index contributed by atoms with van der Waals surface area (Å²) in [4.78, 5) is 0. The Morgan fingerprint density at radius 3 is 1.39 bits per heavy atom. The molecule has 8 heteroatoms. The minimum absolute atomic E-state index is 0.246. The number of unbranched alkanes of at least 4 members (excludes halogenated alkanes) is 1. The summed E-state index contributed by atoms with van der Waals surface area (Å²) in [5.41, 5.74) is 0. The molecule has 0 aliphatic carbocycles. The zero-order chi connectivity index (χ0) is 12.8. The average Bonchev–Trinajstić information content (AvgIpc) is 3.03. The van der Waals surface area contributed by atoms with Gasteiger partial charge in [0.15, 0.2) is 0 Å². The molecule has 2 heterocycles. The van der Waals surface area contributed by atoms with Crippen molar-refractivity contribution >= 4 is 23.2 Å². The van der Waals surface area contributed by atoms with Crippen LogP contribution in [-0.2, 0) is 24.6 Å². The third-order valence-electron chi connectivity index (χ3n) is 2.28. The zero-order valence-corrected chi connectivity index (χ0v) is 11.1. The van der Waals surface area contributed by atoms with Crippen molar-refractivity contribution in [2.45, 2.75) is 37.4 Å². The summed E-state index contributed by atoms with van der Waals surface area (Å²) < 4.78 is 10.6. The Hall–Kier alpha value is -1.14. The summed E-state index contributed by atoms with van der Waals surface area (Å²) >= 11 is 11.1. The molecule has 0 amide bonds. The van der Waals surface area contributed by atoms with E-state index in [9.17, 15) is 0 Å². The number of alkyl halides is 2. The molecule has 0 N–H and O–H groups in total. The van der Waals surface area contributed by atoms with Crippen LogP contribution in [0.25, 0.3) is 0 Å². The number of rotatable bonds is 7. The van der Waals surface area contributed by atoms with Crippen molar-refractivity contribution in [3.05, 3.63) is 23.6 Å². The van der Waals surface area contributed by atoms with Gasteiger partial charge in [-0.25, -0.2) is 0 Å². The molecular weight excluding hydrogens is 279 g/mol. The van der Waals surface area contributed by atoms with Crippen molar-refractivity contribution in [2.75, 3.05) is 0 Å². The number of aromatic nitrogens is 4. The molecule has 2 aromatic rings. The Bertz CT molecular complexity index is 441. The maximum Gasteiger partial charge on any atom is 0.231 e. The molecule has 2 rings (SSSR count). The smallest absolute Gasteiger partial charge is 0.231 e. The maximum atomic E-state index is 5.56. The van der Waals surface area contributed by atoms with Gasteiger partial charge in [0.2, 0.25) is 23.6 Å². The zero-order valence-electron chi connectivity index (χ0n) is 9.60. The number of nitrogens with zero attached hydrogens (tertiary/aromatic N) is 4. The van der Waals surface area contributed by atoms with Crippen LogP contribution >= 0.6 is 23.2 Å². The fourth-order valence-electron chi connectivity index (χ4n) is 1.44. The predicted octanol–water partition coefficient (Wildman–Crippen LogP) is 2.50. The van der Waals surface area contributed by atoms with Gasteiger partial charge in [-0.05, 0) is 12.8 Å². The van der Waals surface area contributed by atoms with Crippen LogP contribution in [0.2, 0.25) is 0 Å². The molecule has 0 radical (unpaired) electrons. The Labute approximate surface area is 114 Å². The molecule has 0 fully saturated rings. The largest absolute Gasteiger partial charge is 0.424 e. The van der Waals surface area contributed by atoms with Crippen LogP contribution in [0.3, 0.4) is 0 Å². The molecule has 2 aromatic heterocycles. The van der Waals surface area contributed by atoms with E-state index in [1.807, 2.05) is 0 Å². The highest BCUT2D eigenvalue weighted by Gasteiger charge is 2.07. The van der Waals surface area contributed by atoms with E-state index in [2.05, 4.69) is 20.4 Å². The highest BCUT2D eigenvalue weighted by Crippen LogP contribution is 2.10. The second kappa shape index (κ2) is 6.70. The Kier molecular flexibility index (Phi) is 4.95. The van der Waals surface area contributed by atoms with Crippen molar-refractivity contribution in [3.63, 3.8) is 0 Å². The SMILES string of the molecule is ClCc1nnc(CCCCc2nnc(CCl)o2)o1. The lowest BCUT2D eigenvalue weighted by Gasteiger charge is -1.94. The molecule has 6 nitrogen and oxygen atoms in total. The van der Waals surface area contributed by atoms with Gasteiger partial charge in [0.05, 0.1) is 0 Å². The van der Waals surface area contributed by atoms with Gasteiger partial charge in [0.1, 0.15) is 11.8 Å². The van der Waals surface area contributed by atoms with Gasteiger partial charge in [-0.1, -0.05) is 0 Å². The molecule has 0 atom stereocenters. The van der Waals surface area contributed by atoms with E-state index in [1.165, 1.54) is 0 Å². The standard InChI is InChI=1S/C10H12Cl2N4O2/c11-5-9-15-13-7(17-9)3-1-2-4-8-14-16-10(6-12)18-8/h1-6H2. The van der Waals surface area contributed by atoms with E-state index in [-0.39, 0.29) is 11.8 Å². The first kappa shape index (κ1) is 13.3. The molecule has 0 aromatic carbocycles. The van der Waals surface area contributed by atoms with Gasteiger partial charge in [-0.2, -0.15) is 0 Å². The lowest BCUT2D eigenvalue weighted by atomic mass is 10.2. The Morgan fingerprint density at radius 2 is 1.06 bits per heavy atom. The van der Waals surface area contributed by atoms with Crippen LogP contribution in [0.5, 0.6) is 0 Å². The summed E-state index contributed by atoms with van der Waals surface area (Å²) in [5, 5.41) is 15.3. The summed E-state index contributed by atoms with van der Waals surface area (Å²) in [6, 6.07) is 0. The minimum atomic E-state index is 0.246. The van der Waals surface area contributed by atoms with Crippen molar-refractivity contribution in [1.82, 2.24) is 20.4 Å². The molecule has 0 aliphatic rings. The number of hydrogen-bond donors (Lipinski definition) is 0. The molecule has 98 valence electrons. The van der Waals surface area contributed by atoms with Gasteiger partial charge in [-0.3, -0.25) is 0 Å².